The van der Waals surface area contributed by atoms with Crippen molar-refractivity contribution in [1.29, 1.82) is 0 Å². The lowest BCUT2D eigenvalue weighted by molar-refractivity contribution is 0.694. The number of hydrogen-bond acceptors (Lipinski definition) is 0. The molecular formula is C28H18. The SMILES string of the molecule is c1cc2ccc3ccc4c5c(c6ccc7ccc1c1c2c3c4c6c71)CCCC5. The molecule has 1 aliphatic carbocycles. The van der Waals surface area contributed by atoms with E-state index in [1.54, 1.807) is 11.1 Å². The molecule has 7 aromatic rings. The van der Waals surface area contributed by atoms with Crippen LogP contribution in [0.15, 0.2) is 60.7 Å². The number of rotatable bonds is 0. The monoisotopic (exact) mass is 354 g/mol. The molecule has 0 saturated heterocycles. The lowest BCUT2D eigenvalue weighted by atomic mass is 9.77. The Labute approximate surface area is 162 Å². The van der Waals surface area contributed by atoms with Crippen LogP contribution in [-0.4, -0.2) is 0 Å². The van der Waals surface area contributed by atoms with Crippen LogP contribution in [0.25, 0.3) is 64.6 Å². The molecule has 0 heterocycles. The molecule has 130 valence electrons. The zero-order chi connectivity index (χ0) is 18.0. The van der Waals surface area contributed by atoms with E-state index in [0.29, 0.717) is 0 Å². The zero-order valence-corrected chi connectivity index (χ0v) is 15.6. The highest BCUT2D eigenvalue weighted by atomic mass is 14.3. The Bertz CT molecular complexity index is 1560. The van der Waals surface area contributed by atoms with Gasteiger partial charge >= 0.3 is 0 Å². The summed E-state index contributed by atoms with van der Waals surface area (Å²) in [7, 11) is 0. The highest BCUT2D eigenvalue weighted by molar-refractivity contribution is 6.45. The van der Waals surface area contributed by atoms with Gasteiger partial charge in [-0.05, 0) is 101 Å². The molecule has 8 rings (SSSR count). The number of aryl methyl sites for hydroxylation is 2. The van der Waals surface area contributed by atoms with Crippen LogP contribution in [0, 0.1) is 0 Å². The fourth-order valence-electron chi connectivity index (χ4n) is 6.39. The Hall–Kier alpha value is -3.12. The van der Waals surface area contributed by atoms with Gasteiger partial charge in [0.15, 0.2) is 0 Å². The first kappa shape index (κ1) is 14.0. The van der Waals surface area contributed by atoms with Gasteiger partial charge in [0.25, 0.3) is 0 Å². The van der Waals surface area contributed by atoms with Crippen LogP contribution in [0.4, 0.5) is 0 Å². The van der Waals surface area contributed by atoms with E-state index in [4.69, 9.17) is 0 Å². The van der Waals surface area contributed by atoms with Gasteiger partial charge in [-0.1, -0.05) is 60.7 Å². The largest absolute Gasteiger partial charge is 0.0537 e. The predicted octanol–water partition coefficient (Wildman–Crippen LogP) is 7.80. The van der Waals surface area contributed by atoms with Crippen molar-refractivity contribution in [2.45, 2.75) is 25.7 Å². The molecule has 0 N–H and O–H groups in total. The van der Waals surface area contributed by atoms with Gasteiger partial charge in [0.2, 0.25) is 0 Å². The van der Waals surface area contributed by atoms with Crippen molar-refractivity contribution in [1.82, 2.24) is 0 Å². The molecule has 7 aromatic carbocycles. The van der Waals surface area contributed by atoms with Crippen LogP contribution in [0.3, 0.4) is 0 Å². The minimum absolute atomic E-state index is 1.23. The minimum atomic E-state index is 1.23. The zero-order valence-electron chi connectivity index (χ0n) is 15.6. The van der Waals surface area contributed by atoms with Gasteiger partial charge in [-0.25, -0.2) is 0 Å². The molecule has 0 heteroatoms. The van der Waals surface area contributed by atoms with Crippen molar-refractivity contribution in [3.63, 3.8) is 0 Å². The van der Waals surface area contributed by atoms with Crippen molar-refractivity contribution in [3.05, 3.63) is 71.8 Å². The molecule has 0 fully saturated rings. The van der Waals surface area contributed by atoms with Crippen molar-refractivity contribution < 1.29 is 0 Å². The molecule has 0 radical (unpaired) electrons. The van der Waals surface area contributed by atoms with Crippen molar-refractivity contribution >= 4 is 64.6 Å². The van der Waals surface area contributed by atoms with E-state index in [0.717, 1.165) is 0 Å². The van der Waals surface area contributed by atoms with E-state index in [-0.39, 0.29) is 0 Å². The standard InChI is InChI=1S/C28H18/c1-2-4-20-19(3-1)21-13-11-17-9-7-15-5-6-16-8-10-18-12-14-22(20)28-26(18)24(16)23(15)25(17)27(21)28/h5-14H,1-4H2. The molecular weight excluding hydrogens is 336 g/mol. The van der Waals surface area contributed by atoms with Gasteiger partial charge in [-0.2, -0.15) is 0 Å². The Morgan fingerprint density at radius 1 is 0.357 bits per heavy atom. The van der Waals surface area contributed by atoms with E-state index < -0.39 is 0 Å². The fourth-order valence-corrected chi connectivity index (χ4v) is 6.39. The van der Waals surface area contributed by atoms with Gasteiger partial charge in [0, 0.05) is 0 Å². The van der Waals surface area contributed by atoms with Crippen LogP contribution < -0.4 is 0 Å². The number of benzene rings is 7. The third-order valence-corrected chi connectivity index (χ3v) is 7.50. The van der Waals surface area contributed by atoms with Crippen LogP contribution in [-0.2, 0) is 12.8 Å². The first-order chi connectivity index (χ1) is 13.9. The van der Waals surface area contributed by atoms with Crippen LogP contribution in [0.5, 0.6) is 0 Å². The van der Waals surface area contributed by atoms with Crippen LogP contribution >= 0.6 is 0 Å². The van der Waals surface area contributed by atoms with Crippen LogP contribution in [0.2, 0.25) is 0 Å². The topological polar surface area (TPSA) is 0 Å². The highest BCUT2D eigenvalue weighted by Gasteiger charge is 2.24. The average molecular weight is 354 g/mol. The van der Waals surface area contributed by atoms with Crippen molar-refractivity contribution in [2.24, 2.45) is 0 Å². The quantitative estimate of drug-likeness (QED) is 0.192. The number of fused-ring (bicyclic) bond motifs is 3. The normalized spacial score (nSPS) is 15.3. The van der Waals surface area contributed by atoms with Crippen molar-refractivity contribution in [2.75, 3.05) is 0 Å². The smallest absolute Gasteiger partial charge is 0.00109 e. The van der Waals surface area contributed by atoms with Gasteiger partial charge in [-0.3, -0.25) is 0 Å². The predicted molar refractivity (Wildman–Crippen MR) is 122 cm³/mol. The summed E-state index contributed by atoms with van der Waals surface area (Å²) in [6.45, 7) is 0. The Kier molecular flexibility index (Phi) is 2.23. The summed E-state index contributed by atoms with van der Waals surface area (Å²) in [6, 6.07) is 23.5. The average Bonchev–Trinajstić information content (AvgIpc) is 2.77. The minimum Gasteiger partial charge on any atom is -0.0537 e. The second-order valence-corrected chi connectivity index (χ2v) is 8.73. The maximum Gasteiger partial charge on any atom is -0.00109 e. The first-order valence-electron chi connectivity index (χ1n) is 10.5. The summed E-state index contributed by atoms with van der Waals surface area (Å²) in [4.78, 5) is 0. The summed E-state index contributed by atoms with van der Waals surface area (Å²) in [6.07, 6.45) is 5.11. The fraction of sp³-hybridized carbons (Fsp3) is 0.143. The Morgan fingerprint density at radius 3 is 1.07 bits per heavy atom. The summed E-state index contributed by atoms with van der Waals surface area (Å²) in [5.74, 6) is 0. The van der Waals surface area contributed by atoms with Gasteiger partial charge in [-0.15, -0.1) is 0 Å². The second kappa shape index (κ2) is 4.47. The lowest BCUT2D eigenvalue weighted by Gasteiger charge is -2.26. The van der Waals surface area contributed by atoms with Crippen LogP contribution in [0.1, 0.15) is 24.0 Å². The summed E-state index contributed by atoms with van der Waals surface area (Å²) < 4.78 is 0. The van der Waals surface area contributed by atoms with E-state index in [1.807, 2.05) is 0 Å². The maximum atomic E-state index is 2.42. The first-order valence-corrected chi connectivity index (χ1v) is 10.5. The van der Waals surface area contributed by atoms with E-state index in [9.17, 15) is 0 Å². The van der Waals surface area contributed by atoms with Gasteiger partial charge < -0.3 is 0 Å². The molecule has 0 spiro atoms. The molecule has 0 nitrogen and oxygen atoms in total. The molecule has 0 unspecified atom stereocenters. The molecule has 0 saturated carbocycles. The highest BCUT2D eigenvalue weighted by Crippen LogP contribution is 2.50. The summed E-state index contributed by atoms with van der Waals surface area (Å²) in [5.41, 5.74) is 3.25. The Balaban J connectivity index is 1.89. The molecule has 0 aromatic heterocycles. The lowest BCUT2D eigenvalue weighted by Crippen LogP contribution is -2.06. The van der Waals surface area contributed by atoms with Gasteiger partial charge in [0.1, 0.15) is 0 Å². The molecule has 0 amide bonds. The molecule has 0 aliphatic heterocycles. The van der Waals surface area contributed by atoms with Crippen molar-refractivity contribution in [3.8, 4) is 0 Å². The van der Waals surface area contributed by atoms with Gasteiger partial charge in [0.05, 0.1) is 0 Å². The number of hydrogen-bond donors (Lipinski definition) is 0. The van der Waals surface area contributed by atoms with E-state index >= 15 is 0 Å². The third kappa shape index (κ3) is 1.39. The second-order valence-electron chi connectivity index (χ2n) is 8.73. The molecule has 28 heavy (non-hydrogen) atoms. The summed E-state index contributed by atoms with van der Waals surface area (Å²) >= 11 is 0. The van der Waals surface area contributed by atoms with E-state index in [1.165, 1.54) is 90.3 Å². The summed E-state index contributed by atoms with van der Waals surface area (Å²) in [5, 5.41) is 17.5. The maximum absolute atomic E-state index is 2.42. The van der Waals surface area contributed by atoms with E-state index in [2.05, 4.69) is 60.7 Å². The molecule has 0 atom stereocenters. The third-order valence-electron chi connectivity index (χ3n) is 7.50. The Morgan fingerprint density at radius 2 is 0.679 bits per heavy atom. The molecule has 1 aliphatic rings. The molecule has 0 bridgehead atoms.